The first-order valence-electron chi connectivity index (χ1n) is 6.59. The number of aryl methyl sites for hydroxylation is 2. The van der Waals surface area contributed by atoms with Crippen LogP contribution in [-0.2, 0) is 11.3 Å². The molecule has 0 fully saturated rings. The van der Waals surface area contributed by atoms with E-state index in [-0.39, 0.29) is 17.9 Å². The zero-order valence-electron chi connectivity index (χ0n) is 12.0. The molecule has 0 aliphatic rings. The van der Waals surface area contributed by atoms with E-state index in [1.54, 1.807) is 36.1 Å². The molecule has 110 valence electrons. The fourth-order valence-electron chi connectivity index (χ4n) is 2.03. The van der Waals surface area contributed by atoms with Gasteiger partial charge in [-0.2, -0.15) is 5.10 Å². The molecule has 0 radical (unpaired) electrons. The van der Waals surface area contributed by atoms with Gasteiger partial charge in [0.1, 0.15) is 0 Å². The molecule has 2 aromatic rings. The summed E-state index contributed by atoms with van der Waals surface area (Å²) < 4.78 is 1.67. The Morgan fingerprint density at radius 1 is 1.33 bits per heavy atom. The molecule has 0 saturated carbocycles. The molecular weight excluding hydrogens is 270 g/mol. The number of nitrogens with zero attached hydrogens (tertiary/aromatic N) is 2. The number of aromatic carboxylic acids is 1. The van der Waals surface area contributed by atoms with E-state index in [9.17, 15) is 9.59 Å². The summed E-state index contributed by atoms with van der Waals surface area (Å²) in [5, 5.41) is 15.9. The molecule has 21 heavy (non-hydrogen) atoms. The average molecular weight is 287 g/mol. The van der Waals surface area contributed by atoms with Crippen molar-refractivity contribution < 1.29 is 14.7 Å². The number of hydrogen-bond donors (Lipinski definition) is 2. The van der Waals surface area contributed by atoms with Crippen molar-refractivity contribution in [3.8, 4) is 0 Å². The summed E-state index contributed by atoms with van der Waals surface area (Å²) in [5.41, 5.74) is 2.24. The summed E-state index contributed by atoms with van der Waals surface area (Å²) in [6.45, 7) is 4.05. The molecule has 0 saturated heterocycles. The van der Waals surface area contributed by atoms with Crippen molar-refractivity contribution in [1.82, 2.24) is 9.78 Å². The summed E-state index contributed by atoms with van der Waals surface area (Å²) in [7, 11) is 0. The standard InChI is InChI=1S/C15H17N3O3/c1-10-8-12(9-13(11(10)2)15(20)21)17-14(19)4-7-18-6-3-5-16-18/h3,5-6,8-9H,4,7H2,1-2H3,(H,17,19)(H,20,21). The van der Waals surface area contributed by atoms with Gasteiger partial charge in [-0.15, -0.1) is 0 Å². The van der Waals surface area contributed by atoms with Crippen LogP contribution in [0.25, 0.3) is 0 Å². The van der Waals surface area contributed by atoms with E-state index < -0.39 is 5.97 Å². The third-order valence-corrected chi connectivity index (χ3v) is 3.31. The molecule has 0 spiro atoms. The number of carboxylic acid groups (broad SMARTS) is 1. The first-order chi connectivity index (χ1) is 9.97. The minimum absolute atomic E-state index is 0.176. The van der Waals surface area contributed by atoms with Crippen LogP contribution in [0.2, 0.25) is 0 Å². The third-order valence-electron chi connectivity index (χ3n) is 3.31. The highest BCUT2D eigenvalue weighted by molar-refractivity contribution is 5.95. The molecule has 6 heteroatoms. The van der Waals surface area contributed by atoms with E-state index in [1.165, 1.54) is 6.07 Å². The van der Waals surface area contributed by atoms with E-state index in [1.807, 2.05) is 6.92 Å². The number of carbonyl (C=O) groups excluding carboxylic acids is 1. The molecular formula is C15H17N3O3. The molecule has 2 rings (SSSR count). The topological polar surface area (TPSA) is 84.2 Å². The van der Waals surface area contributed by atoms with Gasteiger partial charge in [-0.1, -0.05) is 0 Å². The lowest BCUT2D eigenvalue weighted by Crippen LogP contribution is -2.15. The lowest BCUT2D eigenvalue weighted by Gasteiger charge is -2.10. The summed E-state index contributed by atoms with van der Waals surface area (Å²) in [5.74, 6) is -1.17. The molecule has 6 nitrogen and oxygen atoms in total. The van der Waals surface area contributed by atoms with Crippen LogP contribution >= 0.6 is 0 Å². The van der Waals surface area contributed by atoms with Gasteiger partial charge in [-0.25, -0.2) is 4.79 Å². The first kappa shape index (κ1) is 14.8. The Labute approximate surface area is 122 Å². The quantitative estimate of drug-likeness (QED) is 0.883. The van der Waals surface area contributed by atoms with Crippen molar-refractivity contribution in [3.63, 3.8) is 0 Å². The molecule has 1 amide bonds. The largest absolute Gasteiger partial charge is 0.478 e. The Morgan fingerprint density at radius 2 is 2.10 bits per heavy atom. The van der Waals surface area contributed by atoms with Crippen LogP contribution in [0.3, 0.4) is 0 Å². The highest BCUT2D eigenvalue weighted by Gasteiger charge is 2.12. The zero-order valence-corrected chi connectivity index (χ0v) is 12.0. The highest BCUT2D eigenvalue weighted by Crippen LogP contribution is 2.20. The number of rotatable bonds is 5. The van der Waals surface area contributed by atoms with Gasteiger partial charge in [0, 0.05) is 31.0 Å². The molecule has 1 aromatic heterocycles. The number of nitrogens with one attached hydrogen (secondary N) is 1. The lowest BCUT2D eigenvalue weighted by atomic mass is 10.0. The van der Waals surface area contributed by atoms with Gasteiger partial charge in [0.05, 0.1) is 5.56 Å². The molecule has 1 aromatic carbocycles. The van der Waals surface area contributed by atoms with Gasteiger partial charge in [-0.05, 0) is 43.2 Å². The van der Waals surface area contributed by atoms with Crippen LogP contribution in [0, 0.1) is 13.8 Å². The Morgan fingerprint density at radius 3 is 2.71 bits per heavy atom. The molecule has 0 aliphatic carbocycles. The number of carbonyl (C=O) groups is 2. The number of anilines is 1. The first-order valence-corrected chi connectivity index (χ1v) is 6.59. The lowest BCUT2D eigenvalue weighted by molar-refractivity contribution is -0.116. The van der Waals surface area contributed by atoms with Crippen molar-refractivity contribution in [2.45, 2.75) is 26.8 Å². The number of hydrogen-bond acceptors (Lipinski definition) is 3. The molecule has 0 bridgehead atoms. The summed E-state index contributed by atoms with van der Waals surface area (Å²) in [6, 6.07) is 5.05. The third kappa shape index (κ3) is 3.68. The fourth-order valence-corrected chi connectivity index (χ4v) is 2.03. The Balaban J connectivity index is 2.05. The van der Waals surface area contributed by atoms with E-state index in [4.69, 9.17) is 5.11 Å². The van der Waals surface area contributed by atoms with E-state index in [2.05, 4.69) is 10.4 Å². The molecule has 1 heterocycles. The second kappa shape index (κ2) is 6.21. The van der Waals surface area contributed by atoms with Crippen molar-refractivity contribution in [2.24, 2.45) is 0 Å². The summed E-state index contributed by atoms with van der Waals surface area (Å²) in [4.78, 5) is 23.1. The maximum atomic E-state index is 11.9. The van der Waals surface area contributed by atoms with Gasteiger partial charge in [0.2, 0.25) is 5.91 Å². The predicted molar refractivity (Wildman–Crippen MR) is 78.3 cm³/mol. The van der Waals surface area contributed by atoms with Crippen LogP contribution in [0.1, 0.15) is 27.9 Å². The van der Waals surface area contributed by atoms with Gasteiger partial charge in [0.15, 0.2) is 0 Å². The molecule has 0 atom stereocenters. The maximum Gasteiger partial charge on any atom is 0.336 e. The van der Waals surface area contributed by atoms with Crippen molar-refractivity contribution in [3.05, 3.63) is 47.3 Å². The van der Waals surface area contributed by atoms with Crippen LogP contribution in [0.15, 0.2) is 30.6 Å². The summed E-state index contributed by atoms with van der Waals surface area (Å²) in [6.07, 6.45) is 3.71. The number of aromatic nitrogens is 2. The average Bonchev–Trinajstić information content (AvgIpc) is 2.93. The predicted octanol–water partition coefficient (Wildman–Crippen LogP) is 2.23. The normalized spacial score (nSPS) is 10.4. The number of benzene rings is 1. The van der Waals surface area contributed by atoms with Crippen LogP contribution in [-0.4, -0.2) is 26.8 Å². The molecule has 0 unspecified atom stereocenters. The maximum absolute atomic E-state index is 11.9. The smallest absolute Gasteiger partial charge is 0.336 e. The minimum Gasteiger partial charge on any atom is -0.478 e. The van der Waals surface area contributed by atoms with Gasteiger partial charge < -0.3 is 10.4 Å². The Kier molecular flexibility index (Phi) is 4.37. The van der Waals surface area contributed by atoms with Crippen LogP contribution in [0.4, 0.5) is 5.69 Å². The second-order valence-corrected chi connectivity index (χ2v) is 4.84. The van der Waals surface area contributed by atoms with E-state index in [0.717, 1.165) is 5.56 Å². The fraction of sp³-hybridized carbons (Fsp3) is 0.267. The van der Waals surface area contributed by atoms with E-state index in [0.29, 0.717) is 17.8 Å². The second-order valence-electron chi connectivity index (χ2n) is 4.84. The van der Waals surface area contributed by atoms with Crippen molar-refractivity contribution in [1.29, 1.82) is 0 Å². The van der Waals surface area contributed by atoms with Gasteiger partial charge in [-0.3, -0.25) is 9.48 Å². The Hall–Kier alpha value is -2.63. The van der Waals surface area contributed by atoms with Crippen molar-refractivity contribution >= 4 is 17.6 Å². The minimum atomic E-state index is -0.997. The highest BCUT2D eigenvalue weighted by atomic mass is 16.4. The SMILES string of the molecule is Cc1cc(NC(=O)CCn2cccn2)cc(C(=O)O)c1C. The molecule has 2 N–H and O–H groups in total. The Bertz CT molecular complexity index is 663. The number of carboxylic acids is 1. The van der Waals surface area contributed by atoms with Gasteiger partial charge in [0.25, 0.3) is 0 Å². The van der Waals surface area contributed by atoms with Gasteiger partial charge >= 0.3 is 5.97 Å². The van der Waals surface area contributed by atoms with Crippen LogP contribution in [0.5, 0.6) is 0 Å². The zero-order chi connectivity index (χ0) is 15.4. The summed E-state index contributed by atoms with van der Waals surface area (Å²) >= 11 is 0. The molecule has 0 aliphatic heterocycles. The van der Waals surface area contributed by atoms with E-state index >= 15 is 0 Å². The number of amides is 1. The van der Waals surface area contributed by atoms with Crippen LogP contribution < -0.4 is 5.32 Å². The monoisotopic (exact) mass is 287 g/mol. The van der Waals surface area contributed by atoms with Crippen molar-refractivity contribution in [2.75, 3.05) is 5.32 Å².